The van der Waals surface area contributed by atoms with Crippen molar-refractivity contribution in [3.63, 3.8) is 0 Å². The summed E-state index contributed by atoms with van der Waals surface area (Å²) in [4.78, 5) is 2.36. The van der Waals surface area contributed by atoms with Crippen LogP contribution in [0.2, 0.25) is 0 Å². The summed E-state index contributed by atoms with van der Waals surface area (Å²) in [6, 6.07) is 6.71. The number of benzene rings is 1. The van der Waals surface area contributed by atoms with Gasteiger partial charge in [0.2, 0.25) is 0 Å². The third kappa shape index (κ3) is 2.42. The van der Waals surface area contributed by atoms with E-state index in [0.717, 1.165) is 19.6 Å². The van der Waals surface area contributed by atoms with Crippen molar-refractivity contribution in [2.24, 2.45) is 0 Å². The third-order valence-corrected chi connectivity index (χ3v) is 4.21. The molecule has 2 aliphatic rings. The van der Waals surface area contributed by atoms with E-state index in [2.05, 4.69) is 28.4 Å². The molecule has 2 heterocycles. The summed E-state index contributed by atoms with van der Waals surface area (Å²) in [5.74, 6) is 0. The molecular weight excluding hydrogens is 240 g/mol. The van der Waals surface area contributed by atoms with Gasteiger partial charge in [-0.1, -0.05) is 0 Å². The van der Waals surface area contributed by atoms with Crippen molar-refractivity contribution in [2.75, 3.05) is 44.1 Å². The number of aryl methyl sites for hydroxylation is 1. The molecule has 0 bridgehead atoms. The summed E-state index contributed by atoms with van der Waals surface area (Å²) in [6.45, 7) is 2.90. The van der Waals surface area contributed by atoms with Crippen molar-refractivity contribution in [3.05, 3.63) is 23.8 Å². The molecule has 1 aromatic carbocycles. The Bertz CT molecular complexity index is 438. The predicted molar refractivity (Wildman–Crippen MR) is 77.1 cm³/mol. The fraction of sp³-hybridized carbons (Fsp3) is 0.600. The van der Waals surface area contributed by atoms with Crippen molar-refractivity contribution < 1.29 is 9.47 Å². The maximum atomic E-state index is 5.50. The van der Waals surface area contributed by atoms with E-state index in [-0.39, 0.29) is 12.2 Å². The van der Waals surface area contributed by atoms with Gasteiger partial charge in [-0.3, -0.25) is 0 Å². The minimum Gasteiger partial charge on any atom is -0.385 e. The van der Waals surface area contributed by atoms with Crippen LogP contribution in [-0.2, 0) is 15.9 Å². The van der Waals surface area contributed by atoms with Gasteiger partial charge in [-0.15, -0.1) is 0 Å². The molecule has 4 nitrogen and oxygen atoms in total. The van der Waals surface area contributed by atoms with Crippen LogP contribution < -0.4 is 10.2 Å². The second-order valence-corrected chi connectivity index (χ2v) is 5.33. The van der Waals surface area contributed by atoms with Gasteiger partial charge in [0, 0.05) is 45.2 Å². The average molecular weight is 262 g/mol. The monoisotopic (exact) mass is 262 g/mol. The van der Waals surface area contributed by atoms with Gasteiger partial charge in [0.05, 0.1) is 0 Å². The molecule has 104 valence electrons. The number of anilines is 2. The quantitative estimate of drug-likeness (QED) is 0.902. The van der Waals surface area contributed by atoms with E-state index in [9.17, 15) is 0 Å². The molecule has 4 heteroatoms. The lowest BCUT2D eigenvalue weighted by molar-refractivity contribution is -0.00461. The minimum absolute atomic E-state index is 0.166. The highest BCUT2D eigenvalue weighted by Gasteiger charge is 2.33. The van der Waals surface area contributed by atoms with E-state index in [4.69, 9.17) is 9.47 Å². The van der Waals surface area contributed by atoms with Gasteiger partial charge in [-0.05, 0) is 36.6 Å². The van der Waals surface area contributed by atoms with Crippen molar-refractivity contribution in [3.8, 4) is 0 Å². The normalized spacial score (nSPS) is 26.1. The molecule has 0 spiro atoms. The van der Waals surface area contributed by atoms with Crippen LogP contribution in [0.3, 0.4) is 0 Å². The number of methoxy groups -OCH3 is 2. The Hall–Kier alpha value is -1.26. The highest BCUT2D eigenvalue weighted by molar-refractivity contribution is 5.62. The molecule has 0 amide bonds. The standard InChI is InChI=1S/C15H22N2O2/c1-18-14-9-17(10-15(14)19-2)12-5-6-13-11(8-12)4-3-7-16-13/h5-6,8,14-16H,3-4,7,9-10H2,1-2H3. The zero-order chi connectivity index (χ0) is 13.2. The summed E-state index contributed by atoms with van der Waals surface area (Å²) in [5, 5.41) is 3.45. The van der Waals surface area contributed by atoms with E-state index in [1.54, 1.807) is 14.2 Å². The molecule has 1 fully saturated rings. The number of rotatable bonds is 3. The SMILES string of the molecule is COC1CN(c2ccc3c(c2)CCCN3)CC1OC. The Balaban J connectivity index is 1.79. The Morgan fingerprint density at radius 1 is 1.16 bits per heavy atom. The number of hydrogen-bond acceptors (Lipinski definition) is 4. The van der Waals surface area contributed by atoms with E-state index in [0.29, 0.717) is 0 Å². The molecule has 0 saturated carbocycles. The Kier molecular flexibility index (Phi) is 3.62. The molecule has 0 aliphatic carbocycles. The first-order valence-corrected chi connectivity index (χ1v) is 6.99. The summed E-state index contributed by atoms with van der Waals surface area (Å²) in [5.41, 5.74) is 4.00. The van der Waals surface area contributed by atoms with E-state index >= 15 is 0 Å². The average Bonchev–Trinajstić information content (AvgIpc) is 2.90. The number of hydrogen-bond donors (Lipinski definition) is 1. The minimum atomic E-state index is 0.166. The van der Waals surface area contributed by atoms with Gasteiger partial charge in [0.1, 0.15) is 12.2 Å². The molecule has 1 aromatic rings. The number of nitrogens with one attached hydrogen (secondary N) is 1. The zero-order valence-corrected chi connectivity index (χ0v) is 11.7. The highest BCUT2D eigenvalue weighted by Crippen LogP contribution is 2.29. The van der Waals surface area contributed by atoms with Crippen LogP contribution in [0.25, 0.3) is 0 Å². The maximum absolute atomic E-state index is 5.50. The van der Waals surface area contributed by atoms with Crippen molar-refractivity contribution in [1.82, 2.24) is 0 Å². The summed E-state index contributed by atoms with van der Waals surface area (Å²) >= 11 is 0. The van der Waals surface area contributed by atoms with Crippen LogP contribution in [0.4, 0.5) is 11.4 Å². The third-order valence-electron chi connectivity index (χ3n) is 4.21. The molecule has 2 atom stereocenters. The molecule has 2 aliphatic heterocycles. The van der Waals surface area contributed by atoms with Crippen molar-refractivity contribution in [1.29, 1.82) is 0 Å². The van der Waals surface area contributed by atoms with E-state index < -0.39 is 0 Å². The second-order valence-electron chi connectivity index (χ2n) is 5.33. The van der Waals surface area contributed by atoms with Gasteiger partial charge < -0.3 is 19.7 Å². The summed E-state index contributed by atoms with van der Waals surface area (Å²) in [7, 11) is 3.52. The Morgan fingerprint density at radius 2 is 1.89 bits per heavy atom. The Morgan fingerprint density at radius 3 is 2.58 bits per heavy atom. The molecular formula is C15H22N2O2. The van der Waals surface area contributed by atoms with Gasteiger partial charge in [0.15, 0.2) is 0 Å². The molecule has 1 saturated heterocycles. The van der Waals surface area contributed by atoms with E-state index in [1.807, 2.05) is 0 Å². The molecule has 1 N–H and O–H groups in total. The van der Waals surface area contributed by atoms with Gasteiger partial charge in [0.25, 0.3) is 0 Å². The fourth-order valence-electron chi connectivity index (χ4n) is 3.07. The van der Waals surface area contributed by atoms with Gasteiger partial charge in [-0.25, -0.2) is 0 Å². The van der Waals surface area contributed by atoms with Crippen LogP contribution >= 0.6 is 0 Å². The summed E-state index contributed by atoms with van der Waals surface area (Å²) < 4.78 is 11.0. The van der Waals surface area contributed by atoms with Crippen LogP contribution in [0.1, 0.15) is 12.0 Å². The first-order chi connectivity index (χ1) is 9.31. The smallest absolute Gasteiger partial charge is 0.102 e. The number of nitrogens with zero attached hydrogens (tertiary/aromatic N) is 1. The number of fused-ring (bicyclic) bond motifs is 1. The lowest BCUT2D eigenvalue weighted by Gasteiger charge is -2.23. The zero-order valence-electron chi connectivity index (χ0n) is 11.7. The topological polar surface area (TPSA) is 33.7 Å². The number of ether oxygens (including phenoxy) is 2. The molecule has 0 aromatic heterocycles. The van der Waals surface area contributed by atoms with Gasteiger partial charge >= 0.3 is 0 Å². The van der Waals surface area contributed by atoms with Crippen LogP contribution in [0, 0.1) is 0 Å². The van der Waals surface area contributed by atoms with Crippen LogP contribution in [-0.4, -0.2) is 46.1 Å². The van der Waals surface area contributed by atoms with E-state index in [1.165, 1.54) is 29.8 Å². The van der Waals surface area contributed by atoms with Crippen LogP contribution in [0.15, 0.2) is 18.2 Å². The second kappa shape index (κ2) is 5.39. The fourth-order valence-corrected chi connectivity index (χ4v) is 3.07. The predicted octanol–water partition coefficient (Wildman–Crippen LogP) is 1.89. The Labute approximate surface area is 114 Å². The van der Waals surface area contributed by atoms with Crippen molar-refractivity contribution >= 4 is 11.4 Å². The van der Waals surface area contributed by atoms with Crippen molar-refractivity contribution in [2.45, 2.75) is 25.0 Å². The maximum Gasteiger partial charge on any atom is 0.102 e. The van der Waals surface area contributed by atoms with Gasteiger partial charge in [-0.2, -0.15) is 0 Å². The lowest BCUT2D eigenvalue weighted by Crippen LogP contribution is -2.27. The molecule has 19 heavy (non-hydrogen) atoms. The summed E-state index contributed by atoms with van der Waals surface area (Å²) in [6.07, 6.45) is 2.72. The molecule has 2 unspecified atom stereocenters. The largest absolute Gasteiger partial charge is 0.385 e. The highest BCUT2D eigenvalue weighted by atomic mass is 16.5. The molecule has 0 radical (unpaired) electrons. The molecule has 3 rings (SSSR count). The lowest BCUT2D eigenvalue weighted by atomic mass is 10.0. The van der Waals surface area contributed by atoms with Crippen LogP contribution in [0.5, 0.6) is 0 Å². The first-order valence-electron chi connectivity index (χ1n) is 6.99. The first kappa shape index (κ1) is 12.8.